The topological polar surface area (TPSA) is 40.5 Å². The number of hydrogen-bond donors (Lipinski definition) is 2. The van der Waals surface area contributed by atoms with Crippen LogP contribution in [0.1, 0.15) is 168 Å². The summed E-state index contributed by atoms with van der Waals surface area (Å²) in [5.41, 5.74) is 2.02. The first-order valence-corrected chi connectivity index (χ1v) is 15.0. The minimum absolute atomic E-state index is 0.0361. The predicted octanol–water partition coefficient (Wildman–Crippen LogP) is 10.7. The summed E-state index contributed by atoms with van der Waals surface area (Å²) in [6.07, 6.45) is 20.6. The van der Waals surface area contributed by atoms with Crippen molar-refractivity contribution >= 4 is 0 Å². The van der Waals surface area contributed by atoms with E-state index in [2.05, 4.69) is 41.5 Å². The van der Waals surface area contributed by atoms with Crippen LogP contribution in [0.3, 0.4) is 0 Å². The van der Waals surface area contributed by atoms with Gasteiger partial charge in [-0.25, -0.2) is 0 Å². The van der Waals surface area contributed by atoms with Crippen molar-refractivity contribution in [1.29, 1.82) is 0 Å². The molecule has 0 radical (unpaired) electrons. The average Bonchev–Trinajstić information content (AvgIpc) is 2.85. The summed E-state index contributed by atoms with van der Waals surface area (Å²) < 4.78 is 0. The van der Waals surface area contributed by atoms with E-state index in [9.17, 15) is 10.2 Å². The Bertz CT molecular complexity index is 566. The molecule has 1 aromatic carbocycles. The maximum atomic E-state index is 12.1. The summed E-state index contributed by atoms with van der Waals surface area (Å²) in [5.74, 6) is 0.870. The number of hydrogen-bond acceptors (Lipinski definition) is 2. The highest BCUT2D eigenvalue weighted by Gasteiger charge is 2.39. The fourth-order valence-electron chi connectivity index (χ4n) is 6.08. The van der Waals surface area contributed by atoms with Gasteiger partial charge < -0.3 is 10.2 Å². The minimum Gasteiger partial charge on any atom is -0.508 e. The first kappa shape index (κ1) is 30.9. The van der Waals surface area contributed by atoms with Crippen LogP contribution in [0.5, 0.6) is 11.5 Å². The van der Waals surface area contributed by atoms with E-state index in [0.717, 1.165) is 49.7 Å². The van der Waals surface area contributed by atoms with Gasteiger partial charge in [-0.1, -0.05) is 119 Å². The summed E-state index contributed by atoms with van der Waals surface area (Å²) in [5, 5.41) is 23.2. The van der Waals surface area contributed by atoms with E-state index in [-0.39, 0.29) is 10.8 Å². The van der Waals surface area contributed by atoms with E-state index in [0.29, 0.717) is 11.5 Å². The second-order valence-electron chi connectivity index (χ2n) is 11.1. The quantitative estimate of drug-likeness (QED) is 0.184. The highest BCUT2D eigenvalue weighted by Crippen LogP contribution is 2.51. The SMILES string of the molecule is CCCCC(CCCC)(CCCC)c1cc(O)cc(C(CCCC)(CCCC)CCCC)c1O. The molecule has 0 aliphatic heterocycles. The van der Waals surface area contributed by atoms with Gasteiger partial charge in [0.1, 0.15) is 11.5 Å². The van der Waals surface area contributed by atoms with E-state index in [1.54, 1.807) is 0 Å². The summed E-state index contributed by atoms with van der Waals surface area (Å²) in [4.78, 5) is 0. The van der Waals surface area contributed by atoms with E-state index >= 15 is 0 Å². The molecular weight excluding hydrogens is 416 g/mol. The van der Waals surface area contributed by atoms with Gasteiger partial charge in [-0.05, 0) is 61.5 Å². The lowest BCUT2D eigenvalue weighted by Crippen LogP contribution is -2.30. The molecule has 0 aliphatic carbocycles. The first-order chi connectivity index (χ1) is 16.4. The molecule has 0 spiro atoms. The van der Waals surface area contributed by atoms with Gasteiger partial charge in [0.05, 0.1) is 0 Å². The Labute approximate surface area is 213 Å². The Balaban J connectivity index is 3.78. The van der Waals surface area contributed by atoms with Crippen molar-refractivity contribution in [3.63, 3.8) is 0 Å². The second-order valence-corrected chi connectivity index (χ2v) is 11.1. The smallest absolute Gasteiger partial charge is 0.123 e. The second kappa shape index (κ2) is 16.5. The van der Waals surface area contributed by atoms with Crippen LogP contribution < -0.4 is 0 Å². The molecule has 2 N–H and O–H groups in total. The van der Waals surface area contributed by atoms with E-state index in [1.807, 2.05) is 12.1 Å². The first-order valence-electron chi connectivity index (χ1n) is 15.0. The van der Waals surface area contributed by atoms with Crippen LogP contribution in [0, 0.1) is 0 Å². The fourth-order valence-corrected chi connectivity index (χ4v) is 6.08. The normalized spacial score (nSPS) is 12.4. The Hall–Kier alpha value is -1.18. The molecule has 2 heteroatoms. The molecule has 1 rings (SSSR count). The van der Waals surface area contributed by atoms with E-state index < -0.39 is 0 Å². The van der Waals surface area contributed by atoms with Crippen LogP contribution >= 0.6 is 0 Å². The van der Waals surface area contributed by atoms with Gasteiger partial charge in [0, 0.05) is 11.1 Å². The van der Waals surface area contributed by atoms with Gasteiger partial charge >= 0.3 is 0 Å². The minimum atomic E-state index is -0.0361. The Morgan fingerprint density at radius 2 is 0.706 bits per heavy atom. The molecule has 0 unspecified atom stereocenters. The van der Waals surface area contributed by atoms with Crippen LogP contribution in [0.15, 0.2) is 12.1 Å². The van der Waals surface area contributed by atoms with Gasteiger partial charge in [-0.15, -0.1) is 0 Å². The van der Waals surface area contributed by atoms with Crippen molar-refractivity contribution in [2.45, 2.75) is 168 Å². The molecule has 0 aliphatic rings. The highest BCUT2D eigenvalue weighted by molar-refractivity contribution is 5.53. The van der Waals surface area contributed by atoms with Crippen LogP contribution in [-0.2, 0) is 10.8 Å². The number of unbranched alkanes of at least 4 members (excludes halogenated alkanes) is 6. The zero-order valence-corrected chi connectivity index (χ0v) is 23.8. The zero-order chi connectivity index (χ0) is 25.5. The Morgan fingerprint density at radius 3 is 0.912 bits per heavy atom. The highest BCUT2D eigenvalue weighted by atomic mass is 16.3. The average molecular weight is 475 g/mol. The lowest BCUT2D eigenvalue weighted by molar-refractivity contribution is 0.277. The molecule has 0 saturated heterocycles. The predicted molar refractivity (Wildman–Crippen MR) is 150 cm³/mol. The maximum Gasteiger partial charge on any atom is 0.123 e. The third-order valence-electron chi connectivity index (χ3n) is 8.29. The van der Waals surface area contributed by atoms with Crippen molar-refractivity contribution in [2.75, 3.05) is 0 Å². The number of phenolic OH excluding ortho intramolecular Hbond substituents is 2. The number of rotatable bonds is 20. The fraction of sp³-hybridized carbons (Fsp3) is 0.812. The van der Waals surface area contributed by atoms with Gasteiger partial charge in [0.25, 0.3) is 0 Å². The molecule has 0 heterocycles. The van der Waals surface area contributed by atoms with Crippen LogP contribution in [-0.4, -0.2) is 10.2 Å². The van der Waals surface area contributed by atoms with Crippen LogP contribution in [0.2, 0.25) is 0 Å². The third-order valence-corrected chi connectivity index (χ3v) is 8.29. The Morgan fingerprint density at radius 1 is 0.471 bits per heavy atom. The molecule has 0 amide bonds. The van der Waals surface area contributed by atoms with Gasteiger partial charge in [-0.2, -0.15) is 0 Å². The lowest BCUT2D eigenvalue weighted by atomic mass is 9.65. The summed E-state index contributed by atoms with van der Waals surface area (Å²) in [6, 6.07) is 3.87. The summed E-state index contributed by atoms with van der Waals surface area (Å²) in [6.45, 7) is 13.6. The number of benzene rings is 1. The van der Waals surface area contributed by atoms with Gasteiger partial charge in [0.2, 0.25) is 0 Å². The number of aromatic hydroxyl groups is 2. The molecule has 0 atom stereocenters. The van der Waals surface area contributed by atoms with Gasteiger partial charge in [-0.3, -0.25) is 0 Å². The standard InChI is InChI=1S/C32H58O2/c1-7-13-19-31(20-14-8-2,21-15-9-3)28-25-27(33)26-29(30(28)34)32(22-16-10-4,23-17-11-5)24-18-12-6/h25-26,33-34H,7-24H2,1-6H3. The van der Waals surface area contributed by atoms with Crippen molar-refractivity contribution < 1.29 is 10.2 Å². The van der Waals surface area contributed by atoms with Crippen LogP contribution in [0.25, 0.3) is 0 Å². The van der Waals surface area contributed by atoms with Crippen molar-refractivity contribution in [2.24, 2.45) is 0 Å². The molecule has 0 aromatic heterocycles. The third kappa shape index (κ3) is 8.49. The van der Waals surface area contributed by atoms with Crippen LogP contribution in [0.4, 0.5) is 0 Å². The van der Waals surface area contributed by atoms with Gasteiger partial charge in [0.15, 0.2) is 0 Å². The molecule has 1 aromatic rings. The van der Waals surface area contributed by atoms with Crippen molar-refractivity contribution in [1.82, 2.24) is 0 Å². The Kier molecular flexibility index (Phi) is 15.0. The lowest BCUT2D eigenvalue weighted by Gasteiger charge is -2.40. The largest absolute Gasteiger partial charge is 0.508 e. The molecule has 198 valence electrons. The molecule has 2 nitrogen and oxygen atoms in total. The molecule has 0 fully saturated rings. The summed E-state index contributed by atoms with van der Waals surface area (Å²) >= 11 is 0. The maximum absolute atomic E-state index is 12.1. The number of phenols is 2. The molecule has 0 bridgehead atoms. The summed E-state index contributed by atoms with van der Waals surface area (Å²) in [7, 11) is 0. The van der Waals surface area contributed by atoms with Crippen molar-refractivity contribution in [3.8, 4) is 11.5 Å². The molecule has 0 saturated carbocycles. The monoisotopic (exact) mass is 474 g/mol. The van der Waals surface area contributed by atoms with Crippen molar-refractivity contribution in [3.05, 3.63) is 23.3 Å². The van der Waals surface area contributed by atoms with E-state index in [4.69, 9.17) is 0 Å². The molecule has 34 heavy (non-hydrogen) atoms. The van der Waals surface area contributed by atoms with E-state index in [1.165, 1.54) is 77.0 Å². The molecular formula is C32H58O2. The zero-order valence-electron chi connectivity index (χ0n) is 23.8.